The summed E-state index contributed by atoms with van der Waals surface area (Å²) in [6, 6.07) is -1.45. The number of hydrogen-bond donors (Lipinski definition) is 2. The van der Waals surface area contributed by atoms with Crippen LogP contribution in [0.25, 0.3) is 0 Å². The average Bonchev–Trinajstić information content (AvgIpc) is 3.24. The van der Waals surface area contributed by atoms with Crippen LogP contribution in [0.4, 0.5) is 4.79 Å². The second-order valence-corrected chi connectivity index (χ2v) is 10.4. The molecule has 190 valence electrons. The Morgan fingerprint density at radius 1 is 1.18 bits per heavy atom. The lowest BCUT2D eigenvalue weighted by atomic mass is 10.0. The van der Waals surface area contributed by atoms with E-state index >= 15 is 0 Å². The van der Waals surface area contributed by atoms with Gasteiger partial charge in [-0.15, -0.1) is 13.2 Å². The molecule has 0 aromatic rings. The molecule has 8 nitrogen and oxygen atoms in total. The van der Waals surface area contributed by atoms with Gasteiger partial charge in [0.05, 0.1) is 0 Å². The molecule has 0 aromatic carbocycles. The molecule has 2 N–H and O–H groups in total. The Kier molecular flexibility index (Phi) is 9.47. The van der Waals surface area contributed by atoms with Crippen LogP contribution in [-0.2, 0) is 19.1 Å². The molecule has 34 heavy (non-hydrogen) atoms. The van der Waals surface area contributed by atoms with Crippen LogP contribution in [0.15, 0.2) is 25.3 Å². The number of amides is 3. The fraction of sp³-hybridized carbons (Fsp3) is 0.692. The largest absolute Gasteiger partial charge is 0.444 e. The predicted octanol–water partition coefficient (Wildman–Crippen LogP) is 3.66. The van der Waals surface area contributed by atoms with E-state index in [1.165, 1.54) is 6.92 Å². The number of hydrogen-bond acceptors (Lipinski definition) is 5. The number of allylic oxidation sites excluding steroid dienone is 1. The van der Waals surface area contributed by atoms with Gasteiger partial charge in [0.1, 0.15) is 23.2 Å². The summed E-state index contributed by atoms with van der Waals surface area (Å²) < 4.78 is 5.36. The molecular formula is C26H41N3O5. The molecule has 0 bridgehead atoms. The van der Waals surface area contributed by atoms with Crippen molar-refractivity contribution in [3.8, 4) is 0 Å². The number of carbonyl (C=O) groups is 4. The van der Waals surface area contributed by atoms with Crippen molar-refractivity contribution in [1.82, 2.24) is 15.5 Å². The first kappa shape index (κ1) is 27.6. The van der Waals surface area contributed by atoms with E-state index in [9.17, 15) is 19.2 Å². The highest BCUT2D eigenvalue weighted by Crippen LogP contribution is 2.45. The third-order valence-corrected chi connectivity index (χ3v) is 6.50. The van der Waals surface area contributed by atoms with Crippen molar-refractivity contribution in [3.05, 3.63) is 25.3 Å². The average molecular weight is 476 g/mol. The summed E-state index contributed by atoms with van der Waals surface area (Å²) in [6.45, 7) is 14.7. The molecule has 1 aliphatic heterocycles. The van der Waals surface area contributed by atoms with Crippen LogP contribution in [-0.4, -0.2) is 58.4 Å². The number of unbranched alkanes of at least 4 members (excludes halogenated alkanes) is 3. The Morgan fingerprint density at radius 2 is 1.88 bits per heavy atom. The lowest BCUT2D eigenvalue weighted by Gasteiger charge is -2.30. The summed E-state index contributed by atoms with van der Waals surface area (Å²) in [5.41, 5.74) is -1.60. The van der Waals surface area contributed by atoms with E-state index in [1.807, 2.05) is 6.08 Å². The van der Waals surface area contributed by atoms with E-state index in [0.29, 0.717) is 32.2 Å². The van der Waals surface area contributed by atoms with E-state index in [4.69, 9.17) is 4.74 Å². The first-order valence-electron chi connectivity index (χ1n) is 12.3. The molecule has 2 aliphatic rings. The fourth-order valence-corrected chi connectivity index (χ4v) is 4.54. The van der Waals surface area contributed by atoms with E-state index < -0.39 is 29.3 Å². The summed E-state index contributed by atoms with van der Waals surface area (Å²) >= 11 is 0. The minimum Gasteiger partial charge on any atom is -0.444 e. The number of likely N-dealkylation sites (tertiary alicyclic amines) is 1. The smallest absolute Gasteiger partial charge is 0.408 e. The van der Waals surface area contributed by atoms with Crippen LogP contribution in [0.5, 0.6) is 0 Å². The van der Waals surface area contributed by atoms with Gasteiger partial charge in [-0.25, -0.2) is 4.79 Å². The van der Waals surface area contributed by atoms with Gasteiger partial charge >= 0.3 is 6.09 Å². The number of carbonyl (C=O) groups excluding carboxylic acids is 4. The minimum absolute atomic E-state index is 0.0864. The Balaban J connectivity index is 2.09. The topological polar surface area (TPSA) is 105 Å². The van der Waals surface area contributed by atoms with Crippen LogP contribution < -0.4 is 10.6 Å². The van der Waals surface area contributed by atoms with Crippen molar-refractivity contribution in [1.29, 1.82) is 0 Å². The van der Waals surface area contributed by atoms with Gasteiger partial charge in [0.15, 0.2) is 5.78 Å². The quantitative estimate of drug-likeness (QED) is 0.331. The molecule has 2 rings (SSSR count). The van der Waals surface area contributed by atoms with Gasteiger partial charge in [-0.3, -0.25) is 14.4 Å². The summed E-state index contributed by atoms with van der Waals surface area (Å²) in [5, 5.41) is 5.62. The summed E-state index contributed by atoms with van der Waals surface area (Å²) in [5.74, 6) is -0.810. The third kappa shape index (κ3) is 7.18. The Morgan fingerprint density at radius 3 is 2.44 bits per heavy atom. The number of ketones is 1. The molecular weight excluding hydrogens is 434 g/mol. The summed E-state index contributed by atoms with van der Waals surface area (Å²) in [7, 11) is 0. The number of nitrogens with zero attached hydrogens (tertiary/aromatic N) is 1. The van der Waals surface area contributed by atoms with E-state index in [1.54, 1.807) is 31.7 Å². The molecule has 0 aromatic heterocycles. The van der Waals surface area contributed by atoms with E-state index in [0.717, 1.165) is 25.7 Å². The Bertz CT molecular complexity index is 803. The van der Waals surface area contributed by atoms with Crippen LogP contribution in [0.1, 0.15) is 79.1 Å². The molecule has 0 spiro atoms. The van der Waals surface area contributed by atoms with Crippen LogP contribution in [0, 0.1) is 5.92 Å². The Hall–Kier alpha value is -2.64. The standard InChI is InChI=1S/C26H41N3O5/c1-7-9-10-11-12-14-20(27-24(33)34-25(4,5)6)23(32)29-16-13-15-21(29)22(31)28-26(18(3)30)17-19(26)8-2/h7-8,19-21H,1-2,9-17H2,3-6H3,(H,27,33)(H,28,31)/t19?,20-,21-,26-/m0/s1. The monoisotopic (exact) mass is 475 g/mol. The number of Topliss-reactive ketones (excluding diaryl/α,β-unsaturated/α-hetero) is 1. The van der Waals surface area contributed by atoms with Crippen molar-refractivity contribution in [2.45, 2.75) is 102 Å². The zero-order valence-corrected chi connectivity index (χ0v) is 21.2. The molecule has 1 saturated carbocycles. The maximum absolute atomic E-state index is 13.5. The van der Waals surface area contributed by atoms with Crippen molar-refractivity contribution < 1.29 is 23.9 Å². The lowest BCUT2D eigenvalue weighted by molar-refractivity contribution is -0.141. The second kappa shape index (κ2) is 11.7. The molecule has 1 saturated heterocycles. The maximum Gasteiger partial charge on any atom is 0.408 e. The molecule has 1 aliphatic carbocycles. The normalized spacial score (nSPS) is 24.6. The van der Waals surface area contributed by atoms with Crippen molar-refractivity contribution in [2.24, 2.45) is 5.92 Å². The van der Waals surface area contributed by atoms with Gasteiger partial charge in [-0.1, -0.05) is 25.0 Å². The summed E-state index contributed by atoms with van der Waals surface area (Å²) in [6.07, 6.45) is 8.59. The molecule has 3 amide bonds. The highest BCUT2D eigenvalue weighted by molar-refractivity contribution is 5.98. The third-order valence-electron chi connectivity index (χ3n) is 6.50. The number of alkyl carbamates (subject to hydrolysis) is 1. The van der Waals surface area contributed by atoms with Crippen molar-refractivity contribution in [3.63, 3.8) is 0 Å². The molecule has 1 heterocycles. The first-order chi connectivity index (χ1) is 15.9. The van der Waals surface area contributed by atoms with Gasteiger partial charge in [-0.2, -0.15) is 0 Å². The van der Waals surface area contributed by atoms with Crippen molar-refractivity contribution >= 4 is 23.7 Å². The zero-order valence-electron chi connectivity index (χ0n) is 21.2. The van der Waals surface area contributed by atoms with Gasteiger partial charge in [0.2, 0.25) is 11.8 Å². The molecule has 0 radical (unpaired) electrons. The van der Waals surface area contributed by atoms with Crippen LogP contribution >= 0.6 is 0 Å². The fourth-order valence-electron chi connectivity index (χ4n) is 4.54. The van der Waals surface area contributed by atoms with Gasteiger partial charge < -0.3 is 20.3 Å². The van der Waals surface area contributed by atoms with E-state index in [2.05, 4.69) is 23.8 Å². The highest BCUT2D eigenvalue weighted by atomic mass is 16.6. The second-order valence-electron chi connectivity index (χ2n) is 10.4. The van der Waals surface area contributed by atoms with Crippen LogP contribution in [0.3, 0.4) is 0 Å². The summed E-state index contributed by atoms with van der Waals surface area (Å²) in [4.78, 5) is 52.8. The van der Waals surface area contributed by atoms with Crippen molar-refractivity contribution in [2.75, 3.05) is 6.54 Å². The predicted molar refractivity (Wildman–Crippen MR) is 131 cm³/mol. The molecule has 1 unspecified atom stereocenters. The minimum atomic E-state index is -0.907. The highest BCUT2D eigenvalue weighted by Gasteiger charge is 2.58. The Labute approximate surface area is 203 Å². The van der Waals surface area contributed by atoms with E-state index in [-0.39, 0.29) is 23.5 Å². The van der Waals surface area contributed by atoms with Gasteiger partial charge in [0, 0.05) is 12.5 Å². The maximum atomic E-state index is 13.5. The SMILES string of the molecule is C=CCCCCC[C@H](NC(=O)OC(C)(C)C)C(=O)N1CCC[C@H]1C(=O)N[C@]1(C(C)=O)CC1C=C. The number of ether oxygens (including phenoxy) is 1. The first-order valence-corrected chi connectivity index (χ1v) is 12.3. The van der Waals surface area contributed by atoms with Gasteiger partial charge in [0.25, 0.3) is 0 Å². The number of nitrogens with one attached hydrogen (secondary N) is 2. The molecule has 2 fully saturated rings. The number of rotatable bonds is 12. The molecule has 4 atom stereocenters. The van der Waals surface area contributed by atoms with Gasteiger partial charge in [-0.05, 0) is 66.2 Å². The zero-order chi connectivity index (χ0) is 25.5. The van der Waals surface area contributed by atoms with Crippen LogP contribution in [0.2, 0.25) is 0 Å². The lowest BCUT2D eigenvalue weighted by Crippen LogP contribution is -2.56. The molecule has 8 heteroatoms.